The van der Waals surface area contributed by atoms with Crippen LogP contribution < -0.4 is 0 Å². The van der Waals surface area contributed by atoms with Gasteiger partial charge in [-0.15, -0.1) is 11.8 Å². The van der Waals surface area contributed by atoms with E-state index < -0.39 is 5.97 Å². The predicted octanol–water partition coefficient (Wildman–Crippen LogP) is 4.31. The third kappa shape index (κ3) is 6.14. The Hall–Kier alpha value is -1.21. The van der Waals surface area contributed by atoms with Crippen molar-refractivity contribution < 1.29 is 14.7 Å². The van der Waals surface area contributed by atoms with Crippen LogP contribution in [0, 0.1) is 0 Å². The van der Waals surface area contributed by atoms with Gasteiger partial charge in [-0.05, 0) is 45.1 Å². The number of amides is 1. The number of carboxylic acids is 1. The minimum Gasteiger partial charge on any atom is -0.477 e. The largest absolute Gasteiger partial charge is 0.477 e. The van der Waals surface area contributed by atoms with Crippen LogP contribution in [0.2, 0.25) is 0 Å². The predicted molar refractivity (Wildman–Crippen MR) is 116 cm³/mol. The van der Waals surface area contributed by atoms with E-state index in [4.69, 9.17) is 0 Å². The van der Waals surface area contributed by atoms with Gasteiger partial charge in [-0.3, -0.25) is 14.7 Å². The molecule has 0 bridgehead atoms. The molecule has 5 nitrogen and oxygen atoms in total. The van der Waals surface area contributed by atoms with E-state index in [0.29, 0.717) is 17.7 Å². The fourth-order valence-corrected chi connectivity index (χ4v) is 4.29. The van der Waals surface area contributed by atoms with Crippen LogP contribution in [-0.2, 0) is 9.59 Å². The molecule has 7 heteroatoms. The van der Waals surface area contributed by atoms with E-state index in [2.05, 4.69) is 17.6 Å². The van der Waals surface area contributed by atoms with E-state index in [1.807, 2.05) is 25.5 Å². The zero-order chi connectivity index (χ0) is 19.9. The van der Waals surface area contributed by atoms with Gasteiger partial charge in [0.2, 0.25) is 5.91 Å². The minimum atomic E-state index is -1.04. The summed E-state index contributed by atoms with van der Waals surface area (Å²) in [5, 5.41) is 9.92. The number of hydrogen-bond donors (Lipinski definition) is 2. The molecule has 1 spiro atoms. The monoisotopic (exact) mass is 410 g/mol. The SMILES string of the molecule is CC(C)N=CSC/C=C\C(CS)=C(/C(=O)O)N1C(=O)CCCCCC12CC2. The van der Waals surface area contributed by atoms with Gasteiger partial charge in [0.25, 0.3) is 0 Å². The molecule has 1 saturated carbocycles. The van der Waals surface area contributed by atoms with E-state index in [9.17, 15) is 14.7 Å². The van der Waals surface area contributed by atoms with E-state index in [-0.39, 0.29) is 28.9 Å². The number of thioether (sulfide) groups is 1. The number of carbonyl (C=O) groups excluding carboxylic acids is 1. The average molecular weight is 411 g/mol. The normalized spacial score (nSPS) is 21.0. The molecule has 0 radical (unpaired) electrons. The summed E-state index contributed by atoms with van der Waals surface area (Å²) >= 11 is 5.91. The van der Waals surface area contributed by atoms with Crippen LogP contribution in [-0.4, -0.2) is 50.5 Å². The summed E-state index contributed by atoms with van der Waals surface area (Å²) in [4.78, 5) is 30.8. The molecular formula is C20H30N2O3S2. The Morgan fingerprint density at radius 2 is 2.07 bits per heavy atom. The van der Waals surface area contributed by atoms with Crippen molar-refractivity contribution in [3.8, 4) is 0 Å². The summed E-state index contributed by atoms with van der Waals surface area (Å²) in [6.45, 7) is 4.03. The van der Waals surface area contributed by atoms with Crippen LogP contribution in [0.5, 0.6) is 0 Å². The maximum absolute atomic E-state index is 12.8. The van der Waals surface area contributed by atoms with Crippen molar-refractivity contribution in [1.29, 1.82) is 0 Å². The Morgan fingerprint density at radius 3 is 2.67 bits per heavy atom. The fraction of sp³-hybridized carbons (Fsp3) is 0.650. The maximum atomic E-state index is 12.8. The van der Waals surface area contributed by atoms with Crippen molar-refractivity contribution in [3.63, 3.8) is 0 Å². The summed E-state index contributed by atoms with van der Waals surface area (Å²) in [5.41, 5.74) is 2.24. The lowest BCUT2D eigenvalue weighted by atomic mass is 9.97. The van der Waals surface area contributed by atoms with Crippen LogP contribution in [0.4, 0.5) is 0 Å². The topological polar surface area (TPSA) is 70.0 Å². The molecule has 1 saturated heterocycles. The number of aliphatic imine (C=N–C) groups is 1. The highest BCUT2D eigenvalue weighted by Gasteiger charge is 2.52. The molecule has 2 rings (SSSR count). The van der Waals surface area contributed by atoms with Gasteiger partial charge in [-0.1, -0.05) is 25.0 Å². The van der Waals surface area contributed by atoms with Gasteiger partial charge in [-0.25, -0.2) is 4.79 Å². The molecule has 2 aliphatic rings. The Labute approximate surface area is 171 Å². The van der Waals surface area contributed by atoms with Crippen molar-refractivity contribution in [2.75, 3.05) is 11.5 Å². The first kappa shape index (κ1) is 22.1. The van der Waals surface area contributed by atoms with E-state index >= 15 is 0 Å². The lowest BCUT2D eigenvalue weighted by Gasteiger charge is -2.35. The van der Waals surface area contributed by atoms with Gasteiger partial charge in [0, 0.05) is 29.5 Å². The number of nitrogens with zero attached hydrogens (tertiary/aromatic N) is 2. The smallest absolute Gasteiger partial charge is 0.352 e. The standard InChI is InChI=1S/C20H30N2O3S2/c1-15(2)21-14-27-12-6-7-16(13-26)18(19(24)25)22-17(23)8-4-3-5-9-20(22)10-11-20/h6-7,14-15,26H,3-5,8-13H2,1-2H3,(H,24,25)/b7-6-,18-16-,21-14?. The zero-order valence-electron chi connectivity index (χ0n) is 16.2. The van der Waals surface area contributed by atoms with Gasteiger partial charge < -0.3 is 5.11 Å². The van der Waals surface area contributed by atoms with Gasteiger partial charge in [-0.2, -0.15) is 12.6 Å². The highest BCUT2D eigenvalue weighted by Crippen LogP contribution is 2.49. The van der Waals surface area contributed by atoms with Crippen LogP contribution in [0.3, 0.4) is 0 Å². The molecule has 1 aliphatic carbocycles. The molecule has 1 N–H and O–H groups in total. The number of carbonyl (C=O) groups is 2. The highest BCUT2D eigenvalue weighted by molar-refractivity contribution is 8.12. The molecule has 2 fully saturated rings. The first-order valence-electron chi connectivity index (χ1n) is 9.61. The van der Waals surface area contributed by atoms with Gasteiger partial charge in [0.15, 0.2) is 0 Å². The number of thiol groups is 1. The molecule has 27 heavy (non-hydrogen) atoms. The second-order valence-electron chi connectivity index (χ2n) is 7.44. The first-order valence-corrected chi connectivity index (χ1v) is 11.3. The van der Waals surface area contributed by atoms with Crippen LogP contribution in [0.25, 0.3) is 0 Å². The summed E-state index contributed by atoms with van der Waals surface area (Å²) < 4.78 is 0. The summed E-state index contributed by atoms with van der Waals surface area (Å²) in [6, 6.07) is 0.265. The lowest BCUT2D eigenvalue weighted by Crippen LogP contribution is -2.45. The lowest BCUT2D eigenvalue weighted by molar-refractivity contribution is -0.142. The Morgan fingerprint density at radius 1 is 1.33 bits per heavy atom. The van der Waals surface area contributed by atoms with Crippen LogP contribution in [0.15, 0.2) is 28.4 Å². The molecule has 1 aliphatic heterocycles. The van der Waals surface area contributed by atoms with E-state index in [0.717, 1.165) is 38.5 Å². The average Bonchev–Trinajstić information content (AvgIpc) is 3.38. The molecule has 150 valence electrons. The van der Waals surface area contributed by atoms with Gasteiger partial charge in [0.05, 0.1) is 5.55 Å². The summed E-state index contributed by atoms with van der Waals surface area (Å²) in [6.07, 6.45) is 9.73. The van der Waals surface area contributed by atoms with Crippen LogP contribution in [0.1, 0.15) is 58.8 Å². The molecule has 0 aromatic heterocycles. The molecule has 0 aromatic rings. The molecule has 0 unspecified atom stereocenters. The molecule has 0 aromatic carbocycles. The second-order valence-corrected chi connectivity index (χ2v) is 8.63. The van der Waals surface area contributed by atoms with Crippen molar-refractivity contribution in [3.05, 3.63) is 23.4 Å². The Bertz CT molecular complexity index is 637. The van der Waals surface area contributed by atoms with Crippen molar-refractivity contribution in [2.24, 2.45) is 4.99 Å². The molecule has 1 heterocycles. The molecule has 0 atom stereocenters. The van der Waals surface area contributed by atoms with Crippen LogP contribution >= 0.6 is 24.4 Å². The van der Waals surface area contributed by atoms with E-state index in [1.165, 1.54) is 0 Å². The van der Waals surface area contributed by atoms with Gasteiger partial charge in [0.1, 0.15) is 5.70 Å². The number of hydrogen-bond acceptors (Lipinski definition) is 5. The van der Waals surface area contributed by atoms with E-state index in [1.54, 1.807) is 22.7 Å². The fourth-order valence-electron chi connectivity index (χ4n) is 3.41. The third-order valence-electron chi connectivity index (χ3n) is 4.93. The molecular weight excluding hydrogens is 380 g/mol. The second kappa shape index (κ2) is 10.4. The quantitative estimate of drug-likeness (QED) is 0.156. The number of aliphatic carboxylic acids is 1. The Balaban J connectivity index is 2.25. The highest BCUT2D eigenvalue weighted by atomic mass is 32.2. The van der Waals surface area contributed by atoms with Crippen molar-refractivity contribution in [2.45, 2.75) is 70.4 Å². The molecule has 1 amide bonds. The summed E-state index contributed by atoms with van der Waals surface area (Å²) in [5.74, 6) is -0.129. The zero-order valence-corrected chi connectivity index (χ0v) is 17.9. The first-order chi connectivity index (χ1) is 12.9. The third-order valence-corrected chi connectivity index (χ3v) is 5.93. The Kier molecular flexibility index (Phi) is 8.48. The maximum Gasteiger partial charge on any atom is 0.352 e. The number of likely N-dealkylation sites (tertiary alicyclic amines) is 1. The summed E-state index contributed by atoms with van der Waals surface area (Å²) in [7, 11) is 0. The number of allylic oxidation sites excluding steroid dienone is 1. The minimum absolute atomic E-state index is 0.0595. The number of rotatable bonds is 8. The van der Waals surface area contributed by atoms with Crippen molar-refractivity contribution >= 4 is 41.8 Å². The van der Waals surface area contributed by atoms with Crippen molar-refractivity contribution in [1.82, 2.24) is 4.90 Å². The van der Waals surface area contributed by atoms with Gasteiger partial charge >= 0.3 is 5.97 Å². The number of carboxylic acid groups (broad SMARTS) is 1.